The average molecular weight is 312 g/mol. The standard InChI is InChI=1S/C14H20N2O2S2/c1-10-6-7-12(9-11(10)2)20(17,18)16-8-4-3-5-13(16)14(15)19/h6-7,9,13H,3-5,8H2,1-2H3,(H2,15,19). The maximum Gasteiger partial charge on any atom is 0.243 e. The van der Waals surface area contributed by atoms with Crippen molar-refractivity contribution in [3.8, 4) is 0 Å². The minimum atomic E-state index is -3.53. The molecular weight excluding hydrogens is 292 g/mol. The number of sulfonamides is 1. The summed E-state index contributed by atoms with van der Waals surface area (Å²) in [5.41, 5.74) is 7.76. The molecule has 0 bridgehead atoms. The highest BCUT2D eigenvalue weighted by molar-refractivity contribution is 7.89. The number of nitrogens with two attached hydrogens (primary N) is 1. The third-order valence-electron chi connectivity index (χ3n) is 3.87. The van der Waals surface area contributed by atoms with Gasteiger partial charge >= 0.3 is 0 Å². The zero-order valence-corrected chi connectivity index (χ0v) is 13.4. The van der Waals surface area contributed by atoms with Gasteiger partial charge in [-0.25, -0.2) is 8.42 Å². The molecule has 0 aromatic heterocycles. The topological polar surface area (TPSA) is 63.4 Å². The first kappa shape index (κ1) is 15.4. The summed E-state index contributed by atoms with van der Waals surface area (Å²) in [5, 5.41) is 0. The lowest BCUT2D eigenvalue weighted by atomic mass is 10.1. The Kier molecular flexibility index (Phi) is 4.46. The van der Waals surface area contributed by atoms with Gasteiger partial charge in [0.1, 0.15) is 0 Å². The molecule has 1 atom stereocenters. The van der Waals surface area contributed by atoms with Gasteiger partial charge in [-0.05, 0) is 49.9 Å². The summed E-state index contributed by atoms with van der Waals surface area (Å²) in [5.74, 6) is 0. The van der Waals surface area contributed by atoms with E-state index in [1.165, 1.54) is 4.31 Å². The largest absolute Gasteiger partial charge is 0.392 e. The van der Waals surface area contributed by atoms with Crippen molar-refractivity contribution >= 4 is 27.2 Å². The van der Waals surface area contributed by atoms with Gasteiger partial charge in [0.05, 0.1) is 15.9 Å². The summed E-state index contributed by atoms with van der Waals surface area (Å²) in [6.45, 7) is 4.36. The Morgan fingerprint density at radius 1 is 1.30 bits per heavy atom. The van der Waals surface area contributed by atoms with Crippen LogP contribution in [-0.2, 0) is 10.0 Å². The van der Waals surface area contributed by atoms with Gasteiger partial charge in [0.25, 0.3) is 0 Å². The zero-order chi connectivity index (χ0) is 14.9. The molecule has 0 radical (unpaired) electrons. The molecule has 0 saturated carbocycles. The highest BCUT2D eigenvalue weighted by Crippen LogP contribution is 2.26. The van der Waals surface area contributed by atoms with Crippen molar-refractivity contribution in [1.29, 1.82) is 0 Å². The number of hydrogen-bond acceptors (Lipinski definition) is 3. The molecule has 1 aliphatic rings. The fraction of sp³-hybridized carbons (Fsp3) is 0.500. The Bertz CT molecular complexity index is 626. The van der Waals surface area contributed by atoms with Gasteiger partial charge < -0.3 is 5.73 Å². The molecule has 0 aliphatic carbocycles. The predicted octanol–water partition coefficient (Wildman–Crippen LogP) is 2.13. The predicted molar refractivity (Wildman–Crippen MR) is 84.2 cm³/mol. The average Bonchev–Trinajstić information content (AvgIpc) is 2.41. The van der Waals surface area contributed by atoms with Crippen LogP contribution in [0.4, 0.5) is 0 Å². The minimum Gasteiger partial charge on any atom is -0.392 e. The van der Waals surface area contributed by atoms with Gasteiger partial charge in [-0.2, -0.15) is 4.31 Å². The number of aryl methyl sites for hydroxylation is 2. The Labute approximate surface area is 126 Å². The molecule has 1 aromatic carbocycles. The van der Waals surface area contributed by atoms with Crippen molar-refractivity contribution in [3.05, 3.63) is 29.3 Å². The number of hydrogen-bond donors (Lipinski definition) is 1. The molecule has 1 unspecified atom stereocenters. The van der Waals surface area contributed by atoms with E-state index in [2.05, 4.69) is 0 Å². The van der Waals surface area contributed by atoms with Gasteiger partial charge in [0.15, 0.2) is 0 Å². The quantitative estimate of drug-likeness (QED) is 0.869. The molecule has 1 fully saturated rings. The zero-order valence-electron chi connectivity index (χ0n) is 11.8. The molecule has 0 amide bonds. The second-order valence-corrected chi connectivity index (χ2v) is 7.64. The van der Waals surface area contributed by atoms with E-state index >= 15 is 0 Å². The molecule has 1 aliphatic heterocycles. The number of piperidine rings is 1. The van der Waals surface area contributed by atoms with E-state index in [0.29, 0.717) is 17.9 Å². The SMILES string of the molecule is Cc1ccc(S(=O)(=O)N2CCCCC2C(N)=S)cc1C. The number of thiocarbonyl (C=S) groups is 1. The van der Waals surface area contributed by atoms with Gasteiger partial charge in [-0.3, -0.25) is 0 Å². The van der Waals surface area contributed by atoms with Crippen LogP contribution in [0.15, 0.2) is 23.1 Å². The van der Waals surface area contributed by atoms with E-state index in [4.69, 9.17) is 18.0 Å². The van der Waals surface area contributed by atoms with Crippen LogP contribution in [0.5, 0.6) is 0 Å². The molecule has 2 N–H and O–H groups in total. The Morgan fingerprint density at radius 3 is 2.60 bits per heavy atom. The van der Waals surface area contributed by atoms with Crippen LogP contribution in [0.3, 0.4) is 0 Å². The first-order valence-electron chi connectivity index (χ1n) is 6.72. The van der Waals surface area contributed by atoms with Crippen LogP contribution in [-0.4, -0.2) is 30.3 Å². The summed E-state index contributed by atoms with van der Waals surface area (Å²) in [6, 6.07) is 4.85. The molecular formula is C14H20N2O2S2. The highest BCUT2D eigenvalue weighted by Gasteiger charge is 2.34. The van der Waals surface area contributed by atoms with E-state index in [0.717, 1.165) is 24.0 Å². The second-order valence-electron chi connectivity index (χ2n) is 5.28. The lowest BCUT2D eigenvalue weighted by Crippen LogP contribution is -2.49. The molecule has 1 saturated heterocycles. The third kappa shape index (κ3) is 2.87. The van der Waals surface area contributed by atoms with Crippen molar-refractivity contribution in [2.45, 2.75) is 44.0 Å². The van der Waals surface area contributed by atoms with Crippen LogP contribution in [0.1, 0.15) is 30.4 Å². The third-order valence-corrected chi connectivity index (χ3v) is 6.04. The maximum atomic E-state index is 12.8. The number of nitrogens with zero attached hydrogens (tertiary/aromatic N) is 1. The lowest BCUT2D eigenvalue weighted by Gasteiger charge is -2.34. The molecule has 0 spiro atoms. The first-order chi connectivity index (χ1) is 9.34. The van der Waals surface area contributed by atoms with E-state index in [1.807, 2.05) is 19.9 Å². The number of benzene rings is 1. The fourth-order valence-electron chi connectivity index (χ4n) is 2.49. The molecule has 1 aromatic rings. The molecule has 4 nitrogen and oxygen atoms in total. The van der Waals surface area contributed by atoms with Crippen LogP contribution in [0, 0.1) is 13.8 Å². The van der Waals surface area contributed by atoms with Crippen molar-refractivity contribution in [2.75, 3.05) is 6.54 Å². The summed E-state index contributed by atoms with van der Waals surface area (Å²) >= 11 is 5.03. The maximum absolute atomic E-state index is 12.8. The summed E-state index contributed by atoms with van der Waals surface area (Å²) in [7, 11) is -3.53. The normalized spacial score (nSPS) is 20.8. The summed E-state index contributed by atoms with van der Waals surface area (Å²) < 4.78 is 27.0. The Hall–Kier alpha value is -0.980. The lowest BCUT2D eigenvalue weighted by molar-refractivity contribution is 0.306. The molecule has 110 valence electrons. The van der Waals surface area contributed by atoms with Gasteiger partial charge in [-0.15, -0.1) is 0 Å². The minimum absolute atomic E-state index is 0.261. The number of rotatable bonds is 3. The van der Waals surface area contributed by atoms with Crippen LogP contribution >= 0.6 is 12.2 Å². The van der Waals surface area contributed by atoms with E-state index in [9.17, 15) is 8.42 Å². The van der Waals surface area contributed by atoms with E-state index in [-0.39, 0.29) is 11.0 Å². The fourth-order valence-corrected chi connectivity index (χ4v) is 4.56. The van der Waals surface area contributed by atoms with Crippen molar-refractivity contribution in [1.82, 2.24) is 4.31 Å². The highest BCUT2D eigenvalue weighted by atomic mass is 32.2. The smallest absolute Gasteiger partial charge is 0.243 e. The van der Waals surface area contributed by atoms with Crippen LogP contribution < -0.4 is 5.73 Å². The summed E-state index contributed by atoms with van der Waals surface area (Å²) in [6.07, 6.45) is 2.52. The van der Waals surface area contributed by atoms with Crippen molar-refractivity contribution in [3.63, 3.8) is 0 Å². The van der Waals surface area contributed by atoms with Crippen molar-refractivity contribution < 1.29 is 8.42 Å². The molecule has 6 heteroatoms. The molecule has 2 rings (SSSR count). The Morgan fingerprint density at radius 2 is 2.00 bits per heavy atom. The molecule has 1 heterocycles. The van der Waals surface area contributed by atoms with Gasteiger partial charge in [-0.1, -0.05) is 24.7 Å². The van der Waals surface area contributed by atoms with Crippen LogP contribution in [0.25, 0.3) is 0 Å². The monoisotopic (exact) mass is 312 g/mol. The second kappa shape index (κ2) is 5.79. The van der Waals surface area contributed by atoms with Gasteiger partial charge in [0.2, 0.25) is 10.0 Å². The van der Waals surface area contributed by atoms with E-state index in [1.54, 1.807) is 12.1 Å². The van der Waals surface area contributed by atoms with Crippen LogP contribution in [0.2, 0.25) is 0 Å². The van der Waals surface area contributed by atoms with Gasteiger partial charge in [0, 0.05) is 6.54 Å². The first-order valence-corrected chi connectivity index (χ1v) is 8.57. The van der Waals surface area contributed by atoms with Crippen molar-refractivity contribution in [2.24, 2.45) is 5.73 Å². The Balaban J connectivity index is 2.42. The van der Waals surface area contributed by atoms with E-state index < -0.39 is 10.0 Å². The summed E-state index contributed by atoms with van der Waals surface area (Å²) in [4.78, 5) is 0.584. The molecule has 20 heavy (non-hydrogen) atoms.